The Morgan fingerprint density at radius 2 is 2.16 bits per heavy atom. The van der Waals surface area contributed by atoms with Gasteiger partial charge in [0.05, 0.1) is 0 Å². The summed E-state index contributed by atoms with van der Waals surface area (Å²) in [6, 6.07) is 5.94. The minimum Gasteiger partial charge on any atom is -0.477 e. The molecule has 0 aromatic heterocycles. The fourth-order valence-corrected chi connectivity index (χ4v) is 1.99. The number of hydrogen-bond donors (Lipinski definition) is 2. The topological polar surface area (TPSA) is 86.7 Å². The molecule has 19 heavy (non-hydrogen) atoms. The van der Waals surface area contributed by atoms with E-state index in [1.807, 2.05) is 12.1 Å². The number of fused-ring (bicyclic) bond motifs is 1. The largest absolute Gasteiger partial charge is 0.477 e. The lowest BCUT2D eigenvalue weighted by Crippen LogP contribution is -2.41. The first-order chi connectivity index (χ1) is 9.04. The molecule has 1 aromatic rings. The molecule has 2 rings (SSSR count). The Hall–Kier alpha value is -2.59. The molecule has 0 bridgehead atoms. The van der Waals surface area contributed by atoms with Crippen molar-refractivity contribution in [2.45, 2.75) is 12.6 Å². The number of para-hydroxylation sites is 1. The van der Waals surface area contributed by atoms with E-state index in [0.29, 0.717) is 12.2 Å². The number of likely N-dealkylation sites (N-methyl/N-ethyl adjacent to an activating group) is 1. The maximum Gasteiger partial charge on any atom is 0.345 e. The second-order valence-corrected chi connectivity index (χ2v) is 4.25. The molecule has 0 radical (unpaired) electrons. The van der Waals surface area contributed by atoms with E-state index in [-0.39, 0.29) is 0 Å². The number of amides is 1. The van der Waals surface area contributed by atoms with Crippen molar-refractivity contribution in [2.24, 2.45) is 0 Å². The summed E-state index contributed by atoms with van der Waals surface area (Å²) in [6.45, 7) is 0.351. The Kier molecular flexibility index (Phi) is 3.35. The van der Waals surface area contributed by atoms with Gasteiger partial charge in [0.1, 0.15) is 12.0 Å². The van der Waals surface area contributed by atoms with Gasteiger partial charge in [-0.25, -0.2) is 9.59 Å². The van der Waals surface area contributed by atoms with Gasteiger partial charge in [-0.1, -0.05) is 18.2 Å². The predicted molar refractivity (Wildman–Crippen MR) is 67.2 cm³/mol. The van der Waals surface area contributed by atoms with Crippen LogP contribution in [0.3, 0.4) is 0 Å². The molecule has 1 aliphatic heterocycles. The lowest BCUT2D eigenvalue weighted by Gasteiger charge is -2.19. The normalized spacial score (nSPS) is 17.8. The summed E-state index contributed by atoms with van der Waals surface area (Å²) in [5, 5.41) is 11.8. The number of hydrogen-bond acceptors (Lipinski definition) is 4. The second kappa shape index (κ2) is 4.96. The molecule has 0 aliphatic carbocycles. The number of nitrogens with one attached hydrogen (secondary N) is 1. The van der Waals surface area contributed by atoms with Crippen molar-refractivity contribution < 1.29 is 19.5 Å². The summed E-state index contributed by atoms with van der Waals surface area (Å²) < 4.78 is 0. The van der Waals surface area contributed by atoms with Gasteiger partial charge in [-0.2, -0.15) is 0 Å². The van der Waals surface area contributed by atoms with Gasteiger partial charge in [-0.3, -0.25) is 4.79 Å². The maximum absolute atomic E-state index is 12.1. The third-order valence-corrected chi connectivity index (χ3v) is 2.98. The van der Waals surface area contributed by atoms with Gasteiger partial charge in [0.15, 0.2) is 5.57 Å². The quantitative estimate of drug-likeness (QED) is 0.589. The van der Waals surface area contributed by atoms with Crippen molar-refractivity contribution in [3.63, 3.8) is 0 Å². The summed E-state index contributed by atoms with van der Waals surface area (Å²) in [5.74, 6) is -0.587. The molecule has 98 valence electrons. The van der Waals surface area contributed by atoms with Crippen LogP contribution in [0.25, 0.3) is 0 Å². The molecule has 1 atom stereocenters. The molecule has 1 aromatic carbocycles. The van der Waals surface area contributed by atoms with E-state index in [1.165, 1.54) is 10.8 Å². The third-order valence-electron chi connectivity index (χ3n) is 2.98. The zero-order valence-corrected chi connectivity index (χ0v) is 10.2. The smallest absolute Gasteiger partial charge is 0.345 e. The van der Waals surface area contributed by atoms with E-state index in [0.717, 1.165) is 5.56 Å². The Morgan fingerprint density at radius 1 is 1.47 bits per heavy atom. The van der Waals surface area contributed by atoms with Gasteiger partial charge in [-0.05, 0) is 11.6 Å². The lowest BCUT2D eigenvalue weighted by molar-refractivity contribution is -0.136. The molecular weight excluding hydrogens is 248 g/mol. The zero-order chi connectivity index (χ0) is 14.0. The highest BCUT2D eigenvalue weighted by molar-refractivity contribution is 6.06. The van der Waals surface area contributed by atoms with E-state index in [9.17, 15) is 14.4 Å². The van der Waals surface area contributed by atoms with Gasteiger partial charge >= 0.3 is 5.97 Å². The van der Waals surface area contributed by atoms with Crippen LogP contribution in [0.15, 0.2) is 29.8 Å². The van der Waals surface area contributed by atoms with E-state index in [1.54, 1.807) is 19.2 Å². The van der Waals surface area contributed by atoms with E-state index < -0.39 is 23.5 Å². The molecule has 0 spiro atoms. The Bertz CT molecular complexity index is 590. The monoisotopic (exact) mass is 260 g/mol. The van der Waals surface area contributed by atoms with Crippen LogP contribution >= 0.6 is 0 Å². The Labute approximate surface area is 109 Å². The van der Waals surface area contributed by atoms with Gasteiger partial charge in [-0.15, -0.1) is 0 Å². The van der Waals surface area contributed by atoms with Crippen LogP contribution in [-0.2, 0) is 20.9 Å². The number of rotatable bonds is 2. The van der Waals surface area contributed by atoms with Crippen molar-refractivity contribution in [2.75, 3.05) is 12.4 Å². The van der Waals surface area contributed by atoms with Gasteiger partial charge in [0.25, 0.3) is 5.91 Å². The average molecular weight is 260 g/mol. The molecule has 0 saturated carbocycles. The second-order valence-electron chi connectivity index (χ2n) is 4.25. The minimum atomic E-state index is -1.45. The highest BCUT2D eigenvalue weighted by Gasteiger charge is 2.34. The van der Waals surface area contributed by atoms with E-state index in [2.05, 4.69) is 5.32 Å². The molecule has 6 nitrogen and oxygen atoms in total. The van der Waals surface area contributed by atoms with Crippen molar-refractivity contribution in [1.29, 1.82) is 0 Å². The highest BCUT2D eigenvalue weighted by Crippen LogP contribution is 2.23. The third kappa shape index (κ3) is 2.34. The van der Waals surface area contributed by atoms with E-state index >= 15 is 0 Å². The van der Waals surface area contributed by atoms with Crippen LogP contribution in [0.5, 0.6) is 0 Å². The number of carboxylic acids is 1. The fourth-order valence-electron chi connectivity index (χ4n) is 1.99. The fraction of sp³-hybridized carbons (Fsp3) is 0.231. The predicted octanol–water partition coefficient (Wildman–Crippen LogP) is 0.282. The molecule has 0 saturated heterocycles. The van der Waals surface area contributed by atoms with Crippen molar-refractivity contribution in [3.8, 4) is 0 Å². The van der Waals surface area contributed by atoms with Gasteiger partial charge < -0.3 is 15.3 Å². The van der Waals surface area contributed by atoms with Crippen molar-refractivity contribution in [1.82, 2.24) is 4.90 Å². The number of anilines is 1. The highest BCUT2D eigenvalue weighted by atomic mass is 16.4. The van der Waals surface area contributed by atoms with Crippen molar-refractivity contribution in [3.05, 3.63) is 35.4 Å². The SMILES string of the molecule is CN1Cc2ccccc2NC(C(=C=O)C(=O)O)C1=O. The average Bonchev–Trinajstić information content (AvgIpc) is 2.49. The van der Waals surface area contributed by atoms with Crippen LogP contribution in [0, 0.1) is 0 Å². The summed E-state index contributed by atoms with van der Waals surface area (Å²) in [6.07, 6.45) is 0. The van der Waals surface area contributed by atoms with Crippen LogP contribution in [0.1, 0.15) is 5.56 Å². The number of nitrogens with zero attached hydrogens (tertiary/aromatic N) is 1. The summed E-state index contributed by atoms with van der Waals surface area (Å²) in [7, 11) is 1.56. The molecule has 1 amide bonds. The number of carboxylic acid groups (broad SMARTS) is 1. The molecule has 1 unspecified atom stereocenters. The number of carbonyl (C=O) groups excluding carboxylic acids is 2. The summed E-state index contributed by atoms with van der Waals surface area (Å²) in [4.78, 5) is 35.3. The van der Waals surface area contributed by atoms with Crippen LogP contribution in [0.2, 0.25) is 0 Å². The Morgan fingerprint density at radius 3 is 2.79 bits per heavy atom. The lowest BCUT2D eigenvalue weighted by atomic mass is 10.1. The zero-order valence-electron chi connectivity index (χ0n) is 10.2. The van der Waals surface area contributed by atoms with Crippen LogP contribution < -0.4 is 5.32 Å². The van der Waals surface area contributed by atoms with Gasteiger partial charge in [0.2, 0.25) is 0 Å². The number of benzene rings is 1. The molecule has 2 N–H and O–H groups in total. The summed E-state index contributed by atoms with van der Waals surface area (Å²) >= 11 is 0. The molecule has 6 heteroatoms. The van der Waals surface area contributed by atoms with Crippen LogP contribution in [0.4, 0.5) is 5.69 Å². The molecule has 1 aliphatic rings. The van der Waals surface area contributed by atoms with Gasteiger partial charge in [0, 0.05) is 19.3 Å². The minimum absolute atomic E-state index is 0.351. The van der Waals surface area contributed by atoms with Crippen LogP contribution in [-0.4, -0.2) is 40.9 Å². The maximum atomic E-state index is 12.1. The molecular formula is C13H12N2O4. The first-order valence-electron chi connectivity index (χ1n) is 5.62. The Balaban J connectivity index is 2.48. The first-order valence-corrected chi connectivity index (χ1v) is 5.62. The van der Waals surface area contributed by atoms with E-state index in [4.69, 9.17) is 5.11 Å². The standard InChI is InChI=1S/C13H12N2O4/c1-15-6-8-4-2-3-5-10(8)14-11(12(15)17)9(7-16)13(18)19/h2-5,11,14H,6H2,1H3,(H,18,19). The number of carbonyl (C=O) groups is 2. The molecule has 0 fully saturated rings. The van der Waals surface area contributed by atoms with Crippen molar-refractivity contribution >= 4 is 23.5 Å². The summed E-state index contributed by atoms with van der Waals surface area (Å²) in [5.41, 5.74) is 0.879. The first kappa shape index (κ1) is 12.9. The number of aliphatic carboxylic acids is 1. The molecule has 1 heterocycles.